The fourth-order valence-corrected chi connectivity index (χ4v) is 5.10. The maximum absolute atomic E-state index is 12.6. The molecule has 1 aromatic heterocycles. The summed E-state index contributed by atoms with van der Waals surface area (Å²) in [4.78, 5) is 17.2. The molecule has 156 valence electrons. The van der Waals surface area contributed by atoms with Crippen LogP contribution in [0, 0.1) is 0 Å². The number of thiazole rings is 1. The van der Waals surface area contributed by atoms with Crippen molar-refractivity contribution < 1.29 is 17.9 Å². The minimum Gasteiger partial charge on any atom is -0.497 e. The number of hydrogen-bond donors (Lipinski definition) is 1. The number of benzene rings is 2. The number of nitrogens with one attached hydrogen (secondary N) is 1. The topological polar surface area (TPSA) is 88.6 Å². The molecule has 1 N–H and O–H groups in total. The Morgan fingerprint density at radius 1 is 1.13 bits per heavy atom. The summed E-state index contributed by atoms with van der Waals surface area (Å²) in [7, 11) is -0.323. The first-order chi connectivity index (χ1) is 14.4. The molecule has 0 aliphatic heterocycles. The zero-order valence-corrected chi connectivity index (χ0v) is 18.2. The van der Waals surface area contributed by atoms with E-state index in [2.05, 4.69) is 10.3 Å². The summed E-state index contributed by atoms with van der Waals surface area (Å²) in [6.07, 6.45) is 1.78. The molecule has 1 aliphatic carbocycles. The smallest absolute Gasteiger partial charge is 0.257 e. The van der Waals surface area contributed by atoms with Gasteiger partial charge in [0, 0.05) is 29.6 Å². The summed E-state index contributed by atoms with van der Waals surface area (Å²) >= 11 is 1.32. The maximum Gasteiger partial charge on any atom is 0.257 e. The molecule has 7 nitrogen and oxygen atoms in total. The molecular weight excluding hydrogens is 422 g/mol. The number of rotatable bonds is 7. The van der Waals surface area contributed by atoms with E-state index in [1.807, 2.05) is 29.6 Å². The molecular formula is C21H21N3O4S2. The van der Waals surface area contributed by atoms with Crippen LogP contribution in [0.2, 0.25) is 0 Å². The number of sulfonamides is 1. The third-order valence-corrected chi connectivity index (χ3v) is 7.65. The van der Waals surface area contributed by atoms with Gasteiger partial charge in [-0.2, -0.15) is 4.31 Å². The second-order valence-corrected chi connectivity index (χ2v) is 9.85. The number of ether oxygens (including phenoxy) is 1. The number of methoxy groups -OCH3 is 1. The zero-order chi connectivity index (χ0) is 21.3. The first-order valence-corrected chi connectivity index (χ1v) is 11.7. The Bertz CT molecular complexity index is 1150. The lowest BCUT2D eigenvalue weighted by Crippen LogP contribution is -2.29. The third-order valence-electron chi connectivity index (χ3n) is 4.97. The summed E-state index contributed by atoms with van der Waals surface area (Å²) in [5.74, 6) is 0.418. The Morgan fingerprint density at radius 2 is 1.80 bits per heavy atom. The zero-order valence-electron chi connectivity index (χ0n) is 16.5. The van der Waals surface area contributed by atoms with Crippen LogP contribution in [0.1, 0.15) is 23.2 Å². The molecule has 1 saturated carbocycles. The Hall–Kier alpha value is -2.75. The van der Waals surface area contributed by atoms with Crippen LogP contribution in [0.5, 0.6) is 5.75 Å². The number of carbonyl (C=O) groups excluding carboxylic acids is 1. The second-order valence-electron chi connectivity index (χ2n) is 7.00. The highest BCUT2D eigenvalue weighted by Gasteiger charge is 2.35. The molecule has 2 aromatic carbocycles. The van der Waals surface area contributed by atoms with Gasteiger partial charge in [0.15, 0.2) is 5.13 Å². The van der Waals surface area contributed by atoms with Gasteiger partial charge >= 0.3 is 0 Å². The summed E-state index contributed by atoms with van der Waals surface area (Å²) < 4.78 is 31.7. The normalized spacial score (nSPS) is 14.0. The fourth-order valence-electron chi connectivity index (χ4n) is 2.97. The molecule has 0 bridgehead atoms. The van der Waals surface area contributed by atoms with Gasteiger partial charge in [0.05, 0.1) is 17.7 Å². The van der Waals surface area contributed by atoms with E-state index in [4.69, 9.17) is 4.74 Å². The number of aromatic nitrogens is 1. The van der Waals surface area contributed by atoms with Gasteiger partial charge in [-0.3, -0.25) is 10.1 Å². The van der Waals surface area contributed by atoms with Crippen molar-refractivity contribution in [1.29, 1.82) is 0 Å². The van der Waals surface area contributed by atoms with Crippen LogP contribution in [0.25, 0.3) is 11.3 Å². The molecule has 30 heavy (non-hydrogen) atoms. The molecule has 1 aliphatic rings. The van der Waals surface area contributed by atoms with Crippen molar-refractivity contribution in [3.63, 3.8) is 0 Å². The minimum absolute atomic E-state index is 0.0859. The van der Waals surface area contributed by atoms with Crippen molar-refractivity contribution in [3.8, 4) is 17.0 Å². The van der Waals surface area contributed by atoms with Crippen molar-refractivity contribution >= 4 is 32.4 Å². The van der Waals surface area contributed by atoms with E-state index >= 15 is 0 Å². The molecule has 1 heterocycles. The number of hydrogen-bond acceptors (Lipinski definition) is 6. The van der Waals surface area contributed by atoms with Crippen LogP contribution in [0.4, 0.5) is 5.13 Å². The largest absolute Gasteiger partial charge is 0.497 e. The minimum atomic E-state index is -3.53. The number of carbonyl (C=O) groups is 1. The average molecular weight is 444 g/mol. The van der Waals surface area contributed by atoms with Crippen molar-refractivity contribution in [2.45, 2.75) is 23.8 Å². The van der Waals surface area contributed by atoms with E-state index < -0.39 is 10.0 Å². The molecule has 0 saturated heterocycles. The van der Waals surface area contributed by atoms with E-state index in [0.717, 1.165) is 29.8 Å². The Morgan fingerprint density at radius 3 is 2.40 bits per heavy atom. The van der Waals surface area contributed by atoms with Crippen LogP contribution in [-0.2, 0) is 10.0 Å². The lowest BCUT2D eigenvalue weighted by atomic mass is 10.2. The molecule has 4 rings (SSSR count). The molecule has 0 spiro atoms. The van der Waals surface area contributed by atoms with Crippen molar-refractivity contribution in [1.82, 2.24) is 9.29 Å². The molecule has 9 heteroatoms. The monoisotopic (exact) mass is 443 g/mol. The number of anilines is 1. The van der Waals surface area contributed by atoms with Gasteiger partial charge in [0.2, 0.25) is 10.0 Å². The van der Waals surface area contributed by atoms with E-state index in [9.17, 15) is 13.2 Å². The summed E-state index contributed by atoms with van der Waals surface area (Å²) in [6, 6.07) is 13.5. The third kappa shape index (κ3) is 4.23. The molecule has 0 radical (unpaired) electrons. The van der Waals surface area contributed by atoms with E-state index in [1.54, 1.807) is 14.2 Å². The lowest BCUT2D eigenvalue weighted by Gasteiger charge is -2.16. The number of amides is 1. The summed E-state index contributed by atoms with van der Waals surface area (Å²) in [5.41, 5.74) is 2.04. The Labute approximate surface area is 179 Å². The first kappa shape index (κ1) is 20.5. The highest BCUT2D eigenvalue weighted by atomic mass is 32.2. The van der Waals surface area contributed by atoms with Crippen LogP contribution in [0.15, 0.2) is 58.8 Å². The van der Waals surface area contributed by atoms with Gasteiger partial charge in [0.1, 0.15) is 5.75 Å². The van der Waals surface area contributed by atoms with Crippen molar-refractivity contribution in [2.75, 3.05) is 19.5 Å². The maximum atomic E-state index is 12.6. The molecule has 3 aromatic rings. The summed E-state index contributed by atoms with van der Waals surface area (Å²) in [6.45, 7) is 0. The predicted molar refractivity (Wildman–Crippen MR) is 116 cm³/mol. The fraction of sp³-hybridized carbons (Fsp3) is 0.238. The second kappa shape index (κ2) is 8.17. The van der Waals surface area contributed by atoms with Crippen molar-refractivity contribution in [2.24, 2.45) is 0 Å². The van der Waals surface area contributed by atoms with Gasteiger partial charge in [0.25, 0.3) is 5.91 Å². The van der Waals surface area contributed by atoms with Gasteiger partial charge in [-0.15, -0.1) is 11.3 Å². The first-order valence-electron chi connectivity index (χ1n) is 9.38. The van der Waals surface area contributed by atoms with Gasteiger partial charge in [-0.25, -0.2) is 13.4 Å². The van der Waals surface area contributed by atoms with Crippen molar-refractivity contribution in [3.05, 3.63) is 59.5 Å². The van der Waals surface area contributed by atoms with Crippen LogP contribution in [0.3, 0.4) is 0 Å². The molecule has 0 atom stereocenters. The average Bonchev–Trinajstić information content (AvgIpc) is 3.52. The molecule has 0 unspecified atom stereocenters. The van der Waals surface area contributed by atoms with Gasteiger partial charge in [-0.05, 0) is 61.4 Å². The quantitative estimate of drug-likeness (QED) is 0.599. The lowest BCUT2D eigenvalue weighted by molar-refractivity contribution is 0.102. The standard InChI is InChI=1S/C21H21N3O4S2/c1-24(16-7-8-16)30(26,27)18-11-5-15(6-12-18)20(25)23-21-22-19(13-29-21)14-3-9-17(28-2)10-4-14/h3-6,9-13,16H,7-8H2,1-2H3,(H,22,23,25). The van der Waals surface area contributed by atoms with Crippen LogP contribution in [-0.4, -0.2) is 43.8 Å². The molecule has 1 fully saturated rings. The predicted octanol–water partition coefficient (Wildman–Crippen LogP) is 3.85. The van der Waals surface area contributed by atoms with Crippen LogP contribution < -0.4 is 10.1 Å². The Balaban J connectivity index is 1.44. The highest BCUT2D eigenvalue weighted by Crippen LogP contribution is 2.30. The van der Waals surface area contributed by atoms with Gasteiger partial charge < -0.3 is 4.74 Å². The van der Waals surface area contributed by atoms with Crippen LogP contribution >= 0.6 is 11.3 Å². The van der Waals surface area contributed by atoms with E-state index in [1.165, 1.54) is 39.9 Å². The van der Waals surface area contributed by atoms with E-state index in [-0.39, 0.29) is 16.8 Å². The number of nitrogens with zero attached hydrogens (tertiary/aromatic N) is 2. The molecule has 1 amide bonds. The van der Waals surface area contributed by atoms with Gasteiger partial charge in [-0.1, -0.05) is 0 Å². The Kier molecular flexibility index (Phi) is 5.59. The highest BCUT2D eigenvalue weighted by molar-refractivity contribution is 7.89. The van der Waals surface area contributed by atoms with E-state index in [0.29, 0.717) is 10.7 Å². The summed E-state index contributed by atoms with van der Waals surface area (Å²) in [5, 5.41) is 5.09. The SMILES string of the molecule is COc1ccc(-c2csc(NC(=O)c3ccc(S(=O)(=O)N(C)C4CC4)cc3)n2)cc1.